The van der Waals surface area contributed by atoms with Crippen molar-refractivity contribution in [2.24, 2.45) is 0 Å². The Morgan fingerprint density at radius 2 is 1.53 bits per heavy atom. The quantitative estimate of drug-likeness (QED) is 0.897. The zero-order chi connectivity index (χ0) is 12.9. The molecule has 19 heavy (non-hydrogen) atoms. The fourth-order valence-corrected chi connectivity index (χ4v) is 2.91. The molecule has 98 valence electrons. The van der Waals surface area contributed by atoms with Gasteiger partial charge in [-0.3, -0.25) is 4.98 Å². The van der Waals surface area contributed by atoms with Gasteiger partial charge in [-0.05, 0) is 36.1 Å². The molecule has 1 aliphatic rings. The maximum Gasteiger partial charge on any atom is 0.0579 e. The van der Waals surface area contributed by atoms with Crippen LogP contribution < -0.4 is 5.32 Å². The maximum absolute atomic E-state index is 4.13. The highest BCUT2D eigenvalue weighted by Crippen LogP contribution is 2.26. The molecule has 1 aromatic heterocycles. The van der Waals surface area contributed by atoms with Crippen LogP contribution in [0.2, 0.25) is 0 Å². The fourth-order valence-electron chi connectivity index (χ4n) is 2.91. The predicted octanol–water partition coefficient (Wildman–Crippen LogP) is 3.70. The van der Waals surface area contributed by atoms with Crippen molar-refractivity contribution in [1.82, 2.24) is 10.3 Å². The van der Waals surface area contributed by atoms with E-state index in [4.69, 9.17) is 0 Å². The molecule has 0 aliphatic heterocycles. The van der Waals surface area contributed by atoms with Gasteiger partial charge in [-0.15, -0.1) is 0 Å². The molecule has 1 unspecified atom stereocenters. The number of nitrogens with one attached hydrogen (secondary N) is 1. The highest BCUT2D eigenvalue weighted by Gasteiger charge is 2.21. The second kappa shape index (κ2) is 5.98. The van der Waals surface area contributed by atoms with Crippen molar-refractivity contribution < 1.29 is 0 Å². The molecule has 2 heteroatoms. The number of rotatable bonds is 4. The average molecular weight is 252 g/mol. The largest absolute Gasteiger partial charge is 0.303 e. The maximum atomic E-state index is 4.13. The molecule has 3 rings (SSSR count). The molecule has 2 nitrogen and oxygen atoms in total. The Balaban J connectivity index is 1.87. The first-order valence-corrected chi connectivity index (χ1v) is 7.14. The fraction of sp³-hybridized carbons (Fsp3) is 0.353. The first-order chi connectivity index (χ1) is 9.43. The average Bonchev–Trinajstić information content (AvgIpc) is 3.00. The van der Waals surface area contributed by atoms with E-state index in [1.54, 1.807) is 0 Å². The van der Waals surface area contributed by atoms with E-state index >= 15 is 0 Å². The van der Waals surface area contributed by atoms with Crippen LogP contribution in [0.1, 0.15) is 42.9 Å². The van der Waals surface area contributed by atoms with Crippen LogP contribution in [0.15, 0.2) is 54.9 Å². The van der Waals surface area contributed by atoms with Gasteiger partial charge >= 0.3 is 0 Å². The summed E-state index contributed by atoms with van der Waals surface area (Å²) in [6.45, 7) is 0. The number of hydrogen-bond donors (Lipinski definition) is 1. The van der Waals surface area contributed by atoms with E-state index in [2.05, 4.69) is 52.8 Å². The summed E-state index contributed by atoms with van der Waals surface area (Å²) in [6, 6.07) is 15.9. The summed E-state index contributed by atoms with van der Waals surface area (Å²) in [5, 5.41) is 3.82. The van der Waals surface area contributed by atoms with Gasteiger partial charge < -0.3 is 5.32 Å². The van der Waals surface area contributed by atoms with Crippen molar-refractivity contribution >= 4 is 0 Å². The van der Waals surface area contributed by atoms with Crippen LogP contribution in [-0.4, -0.2) is 11.0 Å². The Morgan fingerprint density at radius 1 is 0.895 bits per heavy atom. The van der Waals surface area contributed by atoms with Gasteiger partial charge in [-0.1, -0.05) is 43.2 Å². The lowest BCUT2D eigenvalue weighted by Crippen LogP contribution is -2.31. The molecular weight excluding hydrogens is 232 g/mol. The monoisotopic (exact) mass is 252 g/mol. The Bertz CT molecular complexity index is 450. The summed E-state index contributed by atoms with van der Waals surface area (Å²) in [4.78, 5) is 4.13. The van der Waals surface area contributed by atoms with E-state index in [1.165, 1.54) is 36.8 Å². The van der Waals surface area contributed by atoms with Gasteiger partial charge in [0.15, 0.2) is 0 Å². The van der Waals surface area contributed by atoms with Crippen LogP contribution in [0.3, 0.4) is 0 Å². The second-order valence-electron chi connectivity index (χ2n) is 5.27. The minimum atomic E-state index is 0.285. The van der Waals surface area contributed by atoms with Crippen molar-refractivity contribution in [3.8, 4) is 0 Å². The first-order valence-electron chi connectivity index (χ1n) is 7.14. The molecule has 1 aromatic carbocycles. The summed E-state index contributed by atoms with van der Waals surface area (Å²) in [7, 11) is 0. The Morgan fingerprint density at radius 3 is 2.21 bits per heavy atom. The molecule has 0 spiro atoms. The summed E-state index contributed by atoms with van der Waals surface area (Å²) in [6.07, 6.45) is 9.07. The number of aromatic nitrogens is 1. The molecule has 0 amide bonds. The molecular formula is C17H20N2. The van der Waals surface area contributed by atoms with Gasteiger partial charge in [0.1, 0.15) is 0 Å². The van der Waals surface area contributed by atoms with Crippen LogP contribution in [0.25, 0.3) is 0 Å². The lowest BCUT2D eigenvalue weighted by atomic mass is 9.98. The van der Waals surface area contributed by atoms with E-state index in [0.717, 1.165) is 0 Å². The van der Waals surface area contributed by atoms with Gasteiger partial charge in [0.05, 0.1) is 6.04 Å². The summed E-state index contributed by atoms with van der Waals surface area (Å²) >= 11 is 0. The minimum absolute atomic E-state index is 0.285. The Kier molecular flexibility index (Phi) is 3.89. The van der Waals surface area contributed by atoms with E-state index in [0.29, 0.717) is 6.04 Å². The SMILES string of the molecule is c1ccc(C(NC2CCCC2)c2ccncc2)cc1. The van der Waals surface area contributed by atoms with Crippen LogP contribution in [0, 0.1) is 0 Å². The van der Waals surface area contributed by atoms with Crippen LogP contribution in [0.4, 0.5) is 0 Å². The van der Waals surface area contributed by atoms with E-state index in [-0.39, 0.29) is 6.04 Å². The van der Waals surface area contributed by atoms with Crippen molar-refractivity contribution in [2.75, 3.05) is 0 Å². The summed E-state index contributed by atoms with van der Waals surface area (Å²) in [5.74, 6) is 0. The highest BCUT2D eigenvalue weighted by atomic mass is 15.0. The van der Waals surface area contributed by atoms with Crippen molar-refractivity contribution in [1.29, 1.82) is 0 Å². The Labute approximate surface area is 114 Å². The zero-order valence-electron chi connectivity index (χ0n) is 11.1. The molecule has 1 atom stereocenters. The molecule has 1 fully saturated rings. The molecule has 0 bridgehead atoms. The van der Waals surface area contributed by atoms with Gasteiger partial charge in [-0.25, -0.2) is 0 Å². The van der Waals surface area contributed by atoms with E-state index in [1.807, 2.05) is 12.4 Å². The Hall–Kier alpha value is -1.67. The third kappa shape index (κ3) is 3.02. The van der Waals surface area contributed by atoms with Gasteiger partial charge in [0, 0.05) is 18.4 Å². The smallest absolute Gasteiger partial charge is 0.0579 e. The molecule has 0 radical (unpaired) electrons. The molecule has 1 aliphatic carbocycles. The van der Waals surface area contributed by atoms with E-state index < -0.39 is 0 Å². The van der Waals surface area contributed by atoms with Gasteiger partial charge in [0.25, 0.3) is 0 Å². The van der Waals surface area contributed by atoms with Crippen LogP contribution in [0.5, 0.6) is 0 Å². The number of benzene rings is 1. The van der Waals surface area contributed by atoms with Crippen molar-refractivity contribution in [3.63, 3.8) is 0 Å². The summed E-state index contributed by atoms with van der Waals surface area (Å²) in [5.41, 5.74) is 2.63. The molecule has 2 aromatic rings. The van der Waals surface area contributed by atoms with Crippen LogP contribution >= 0.6 is 0 Å². The number of hydrogen-bond acceptors (Lipinski definition) is 2. The summed E-state index contributed by atoms with van der Waals surface area (Å²) < 4.78 is 0. The predicted molar refractivity (Wildman–Crippen MR) is 77.9 cm³/mol. The molecule has 1 saturated carbocycles. The third-order valence-corrected chi connectivity index (χ3v) is 3.93. The number of nitrogens with zero attached hydrogens (tertiary/aromatic N) is 1. The standard InChI is InChI=1S/C17H20N2/c1-2-6-14(7-3-1)17(15-10-12-18-13-11-15)19-16-8-4-5-9-16/h1-3,6-7,10-13,16-17,19H,4-5,8-9H2. The van der Waals surface area contributed by atoms with Crippen LogP contribution in [-0.2, 0) is 0 Å². The van der Waals surface area contributed by atoms with Gasteiger partial charge in [-0.2, -0.15) is 0 Å². The molecule has 1 N–H and O–H groups in total. The lowest BCUT2D eigenvalue weighted by Gasteiger charge is -2.23. The molecule has 1 heterocycles. The van der Waals surface area contributed by atoms with Crippen molar-refractivity contribution in [3.05, 3.63) is 66.0 Å². The normalized spacial score (nSPS) is 17.5. The van der Waals surface area contributed by atoms with E-state index in [9.17, 15) is 0 Å². The zero-order valence-corrected chi connectivity index (χ0v) is 11.1. The molecule has 0 saturated heterocycles. The van der Waals surface area contributed by atoms with Gasteiger partial charge in [0.2, 0.25) is 0 Å². The lowest BCUT2D eigenvalue weighted by molar-refractivity contribution is 0.479. The third-order valence-electron chi connectivity index (χ3n) is 3.93. The first kappa shape index (κ1) is 12.4. The topological polar surface area (TPSA) is 24.9 Å². The minimum Gasteiger partial charge on any atom is -0.303 e. The second-order valence-corrected chi connectivity index (χ2v) is 5.27. The highest BCUT2D eigenvalue weighted by molar-refractivity contribution is 5.30. The van der Waals surface area contributed by atoms with Crippen molar-refractivity contribution in [2.45, 2.75) is 37.8 Å². The number of pyridine rings is 1.